The van der Waals surface area contributed by atoms with Gasteiger partial charge >= 0.3 is 0 Å². The van der Waals surface area contributed by atoms with Gasteiger partial charge in [0.1, 0.15) is 12.3 Å². The Morgan fingerprint density at radius 2 is 1.48 bits per heavy atom. The normalized spacial score (nSPS) is 11.6. The third kappa shape index (κ3) is 6.58. The highest BCUT2D eigenvalue weighted by Gasteiger charge is 2.29. The standard InChI is InChI=1S/C26H30N2O4S/c1-4-32-23-17-15-22(16-18-23)28(33(30,31)24-13-9-6-10-14-24)20-25(29)27-26(2,3)19-21-11-7-5-8-12-21/h5-18H,4,19-20H2,1-3H3,(H,27,29). The number of nitrogens with one attached hydrogen (secondary N) is 1. The first-order valence-electron chi connectivity index (χ1n) is 10.9. The molecule has 0 bridgehead atoms. The molecule has 1 amide bonds. The van der Waals surface area contributed by atoms with Gasteiger partial charge < -0.3 is 10.1 Å². The van der Waals surface area contributed by atoms with E-state index in [2.05, 4.69) is 5.32 Å². The predicted octanol–water partition coefficient (Wildman–Crippen LogP) is 4.42. The lowest BCUT2D eigenvalue weighted by Gasteiger charge is -2.29. The number of anilines is 1. The number of carbonyl (C=O) groups is 1. The molecular weight excluding hydrogens is 436 g/mol. The highest BCUT2D eigenvalue weighted by molar-refractivity contribution is 7.92. The van der Waals surface area contributed by atoms with E-state index in [1.54, 1.807) is 42.5 Å². The van der Waals surface area contributed by atoms with Gasteiger partial charge in [0.2, 0.25) is 5.91 Å². The van der Waals surface area contributed by atoms with Crippen molar-refractivity contribution in [1.29, 1.82) is 0 Å². The van der Waals surface area contributed by atoms with Crippen molar-refractivity contribution < 1.29 is 17.9 Å². The second kappa shape index (κ2) is 10.5. The van der Waals surface area contributed by atoms with Crippen molar-refractivity contribution in [1.82, 2.24) is 5.32 Å². The van der Waals surface area contributed by atoms with E-state index in [1.807, 2.05) is 51.1 Å². The zero-order chi connectivity index (χ0) is 23.9. The Hall–Kier alpha value is -3.32. The molecule has 3 rings (SSSR count). The number of rotatable bonds is 10. The van der Waals surface area contributed by atoms with Crippen molar-refractivity contribution in [2.75, 3.05) is 17.5 Å². The van der Waals surface area contributed by atoms with Crippen LogP contribution in [-0.2, 0) is 21.2 Å². The third-order valence-corrected chi connectivity index (χ3v) is 6.81. The number of benzene rings is 3. The SMILES string of the molecule is CCOc1ccc(N(CC(=O)NC(C)(C)Cc2ccccc2)S(=O)(=O)c2ccccc2)cc1. The summed E-state index contributed by atoms with van der Waals surface area (Å²) >= 11 is 0. The number of sulfonamides is 1. The van der Waals surface area contributed by atoms with E-state index >= 15 is 0 Å². The first kappa shape index (κ1) is 24.3. The molecule has 0 heterocycles. The van der Waals surface area contributed by atoms with Crippen LogP contribution in [0.4, 0.5) is 5.69 Å². The number of nitrogens with zero attached hydrogens (tertiary/aromatic N) is 1. The predicted molar refractivity (Wildman–Crippen MR) is 131 cm³/mol. The van der Waals surface area contributed by atoms with Crippen molar-refractivity contribution in [2.45, 2.75) is 37.6 Å². The molecule has 3 aromatic rings. The fraction of sp³-hybridized carbons (Fsp3) is 0.269. The maximum Gasteiger partial charge on any atom is 0.264 e. The summed E-state index contributed by atoms with van der Waals surface area (Å²) in [6.45, 7) is 5.88. The molecule has 174 valence electrons. The zero-order valence-electron chi connectivity index (χ0n) is 19.2. The molecule has 0 fully saturated rings. The molecule has 3 aromatic carbocycles. The van der Waals surface area contributed by atoms with Crippen LogP contribution >= 0.6 is 0 Å². The first-order valence-corrected chi connectivity index (χ1v) is 12.3. The van der Waals surface area contributed by atoms with Crippen LogP contribution in [0, 0.1) is 0 Å². The Morgan fingerprint density at radius 1 is 0.909 bits per heavy atom. The Bertz CT molecular complexity index is 1150. The third-order valence-electron chi connectivity index (χ3n) is 5.02. The lowest BCUT2D eigenvalue weighted by atomic mass is 9.95. The smallest absolute Gasteiger partial charge is 0.264 e. The number of hydrogen-bond donors (Lipinski definition) is 1. The summed E-state index contributed by atoms with van der Waals surface area (Å²) in [6.07, 6.45) is 0.619. The summed E-state index contributed by atoms with van der Waals surface area (Å²) < 4.78 is 33.5. The average molecular weight is 467 g/mol. The van der Waals surface area contributed by atoms with E-state index in [0.717, 1.165) is 9.87 Å². The zero-order valence-corrected chi connectivity index (χ0v) is 20.0. The average Bonchev–Trinajstić information content (AvgIpc) is 2.79. The molecule has 33 heavy (non-hydrogen) atoms. The van der Waals surface area contributed by atoms with Crippen LogP contribution in [0.25, 0.3) is 0 Å². The molecule has 0 radical (unpaired) electrons. The number of ether oxygens (including phenoxy) is 1. The van der Waals surface area contributed by atoms with Crippen LogP contribution in [0.5, 0.6) is 5.75 Å². The van der Waals surface area contributed by atoms with Crippen LogP contribution in [0.15, 0.2) is 89.8 Å². The lowest BCUT2D eigenvalue weighted by molar-refractivity contribution is -0.121. The van der Waals surface area contributed by atoms with Crippen molar-refractivity contribution in [3.05, 3.63) is 90.5 Å². The van der Waals surface area contributed by atoms with Crippen LogP contribution in [0.1, 0.15) is 26.3 Å². The molecule has 6 nitrogen and oxygen atoms in total. The summed E-state index contributed by atoms with van der Waals surface area (Å²) in [6, 6.07) is 24.6. The van der Waals surface area contributed by atoms with Gasteiger partial charge in [-0.1, -0.05) is 48.5 Å². The molecule has 0 aromatic heterocycles. The van der Waals surface area contributed by atoms with Gasteiger partial charge in [0, 0.05) is 5.54 Å². The van der Waals surface area contributed by atoms with Crippen LogP contribution < -0.4 is 14.4 Å². The van der Waals surface area contributed by atoms with Gasteiger partial charge in [-0.25, -0.2) is 8.42 Å². The second-order valence-electron chi connectivity index (χ2n) is 8.35. The van der Waals surface area contributed by atoms with Crippen molar-refractivity contribution in [3.8, 4) is 5.75 Å². The summed E-state index contributed by atoms with van der Waals surface area (Å²) in [7, 11) is -3.96. The van der Waals surface area contributed by atoms with E-state index in [0.29, 0.717) is 24.5 Å². The molecule has 0 aliphatic rings. The topological polar surface area (TPSA) is 75.7 Å². The summed E-state index contributed by atoms with van der Waals surface area (Å²) in [5.41, 5.74) is 0.917. The van der Waals surface area contributed by atoms with Gasteiger partial charge in [-0.15, -0.1) is 0 Å². The highest BCUT2D eigenvalue weighted by Crippen LogP contribution is 2.26. The minimum Gasteiger partial charge on any atom is -0.494 e. The van der Waals surface area contributed by atoms with Gasteiger partial charge in [0.15, 0.2) is 0 Å². The maximum absolute atomic E-state index is 13.5. The molecule has 7 heteroatoms. The van der Waals surface area contributed by atoms with Gasteiger partial charge in [0.05, 0.1) is 17.2 Å². The second-order valence-corrected chi connectivity index (χ2v) is 10.2. The van der Waals surface area contributed by atoms with Crippen LogP contribution in [-0.4, -0.2) is 33.0 Å². The Labute approximate surface area is 196 Å². The summed E-state index contributed by atoms with van der Waals surface area (Å²) in [5.74, 6) is 0.246. The van der Waals surface area contributed by atoms with Crippen LogP contribution in [0.2, 0.25) is 0 Å². The van der Waals surface area contributed by atoms with Gasteiger partial charge in [-0.2, -0.15) is 0 Å². The molecule has 1 N–H and O–H groups in total. The summed E-state index contributed by atoms with van der Waals surface area (Å²) in [4.78, 5) is 13.2. The van der Waals surface area contributed by atoms with Crippen molar-refractivity contribution >= 4 is 21.6 Å². The largest absolute Gasteiger partial charge is 0.494 e. The van der Waals surface area contributed by atoms with E-state index in [9.17, 15) is 13.2 Å². The van der Waals surface area contributed by atoms with Gasteiger partial charge in [0.25, 0.3) is 10.0 Å². The molecule has 0 saturated carbocycles. The molecule has 0 unspecified atom stereocenters. The number of amides is 1. The van der Waals surface area contributed by atoms with Gasteiger partial charge in [-0.3, -0.25) is 9.10 Å². The quantitative estimate of drug-likeness (QED) is 0.480. The minimum absolute atomic E-state index is 0.121. The van der Waals surface area contributed by atoms with Crippen LogP contribution in [0.3, 0.4) is 0 Å². The van der Waals surface area contributed by atoms with E-state index < -0.39 is 15.6 Å². The number of carbonyl (C=O) groups excluding carboxylic acids is 1. The highest BCUT2D eigenvalue weighted by atomic mass is 32.2. The fourth-order valence-electron chi connectivity index (χ4n) is 3.61. The molecule has 0 spiro atoms. The summed E-state index contributed by atoms with van der Waals surface area (Å²) in [5, 5.41) is 2.99. The van der Waals surface area contributed by atoms with E-state index in [1.165, 1.54) is 12.1 Å². The lowest BCUT2D eigenvalue weighted by Crippen LogP contribution is -2.50. The molecule has 0 aliphatic heterocycles. The number of hydrogen-bond acceptors (Lipinski definition) is 4. The Kier molecular flexibility index (Phi) is 7.76. The monoisotopic (exact) mass is 466 g/mol. The van der Waals surface area contributed by atoms with Crippen molar-refractivity contribution in [3.63, 3.8) is 0 Å². The minimum atomic E-state index is -3.96. The van der Waals surface area contributed by atoms with Gasteiger partial charge in [-0.05, 0) is 69.2 Å². The molecule has 0 aliphatic carbocycles. The fourth-order valence-corrected chi connectivity index (χ4v) is 5.05. The molecular formula is C26H30N2O4S. The Balaban J connectivity index is 1.85. The van der Waals surface area contributed by atoms with Crippen molar-refractivity contribution in [2.24, 2.45) is 0 Å². The molecule has 0 atom stereocenters. The first-order chi connectivity index (χ1) is 15.7. The van der Waals surface area contributed by atoms with E-state index in [-0.39, 0.29) is 17.3 Å². The maximum atomic E-state index is 13.5. The Morgan fingerprint density at radius 3 is 2.06 bits per heavy atom. The van der Waals surface area contributed by atoms with E-state index in [4.69, 9.17) is 4.74 Å². The molecule has 0 saturated heterocycles.